The van der Waals surface area contributed by atoms with Crippen molar-refractivity contribution in [2.24, 2.45) is 0 Å². The van der Waals surface area contributed by atoms with Crippen molar-refractivity contribution < 1.29 is 9.90 Å². The molecule has 0 spiro atoms. The number of fused-ring (bicyclic) bond motifs is 1. The molecule has 112 valence electrons. The molecule has 2 aromatic heterocycles. The van der Waals surface area contributed by atoms with E-state index >= 15 is 0 Å². The molecule has 7 nitrogen and oxygen atoms in total. The Morgan fingerprint density at radius 3 is 2.77 bits per heavy atom. The van der Waals surface area contributed by atoms with Crippen LogP contribution in [0.1, 0.15) is 5.56 Å². The summed E-state index contributed by atoms with van der Waals surface area (Å²) in [5, 5.41) is 11.7. The van der Waals surface area contributed by atoms with E-state index in [-0.39, 0.29) is 12.1 Å². The van der Waals surface area contributed by atoms with Crippen LogP contribution in [0.3, 0.4) is 0 Å². The minimum atomic E-state index is -1.08. The van der Waals surface area contributed by atoms with Gasteiger partial charge < -0.3 is 15.4 Å². The maximum Gasteiger partial charge on any atom is 0.404 e. The number of H-pyrrole nitrogens is 1. The Hall–Kier alpha value is -2.80. The van der Waals surface area contributed by atoms with E-state index in [1.54, 1.807) is 34.9 Å². The standard InChI is InChI=1S/C14H11ClN4O3/c15-11-5-10-12(17-7-18-13(10)20)19(11)9-3-1-8(2-4-9)6-16-14(21)22/h1-5,7,16H,6H2,(H,21,22)(H,17,18,20). The number of carboxylic acid groups (broad SMARTS) is 1. The van der Waals surface area contributed by atoms with Crippen molar-refractivity contribution in [3.8, 4) is 5.69 Å². The number of nitrogens with one attached hydrogen (secondary N) is 2. The second-order valence-electron chi connectivity index (χ2n) is 4.60. The first kappa shape index (κ1) is 14.2. The van der Waals surface area contributed by atoms with Crippen LogP contribution >= 0.6 is 11.6 Å². The summed E-state index contributed by atoms with van der Waals surface area (Å²) in [5.41, 5.74) is 1.75. The quantitative estimate of drug-likeness (QED) is 0.688. The van der Waals surface area contributed by atoms with Crippen molar-refractivity contribution in [2.75, 3.05) is 0 Å². The highest BCUT2D eigenvalue weighted by molar-refractivity contribution is 6.31. The molecule has 0 radical (unpaired) electrons. The lowest BCUT2D eigenvalue weighted by Gasteiger charge is -2.08. The number of rotatable bonds is 3. The molecule has 0 saturated heterocycles. The smallest absolute Gasteiger partial charge is 0.404 e. The normalized spacial score (nSPS) is 10.8. The summed E-state index contributed by atoms with van der Waals surface area (Å²) in [5.74, 6) is 0. The third-order valence-corrected chi connectivity index (χ3v) is 3.47. The molecule has 0 bridgehead atoms. The fraction of sp³-hybridized carbons (Fsp3) is 0.0714. The fourth-order valence-corrected chi connectivity index (χ4v) is 2.47. The van der Waals surface area contributed by atoms with Crippen molar-refractivity contribution in [2.45, 2.75) is 6.54 Å². The first-order valence-electron chi connectivity index (χ1n) is 6.37. The van der Waals surface area contributed by atoms with Crippen molar-refractivity contribution in [3.05, 3.63) is 57.7 Å². The van der Waals surface area contributed by atoms with Gasteiger partial charge in [0, 0.05) is 12.2 Å². The van der Waals surface area contributed by atoms with Gasteiger partial charge in [0.2, 0.25) is 0 Å². The van der Waals surface area contributed by atoms with Crippen molar-refractivity contribution >= 4 is 28.7 Å². The first-order valence-corrected chi connectivity index (χ1v) is 6.75. The van der Waals surface area contributed by atoms with Crippen molar-refractivity contribution in [1.82, 2.24) is 19.9 Å². The zero-order valence-corrected chi connectivity index (χ0v) is 12.0. The fourth-order valence-electron chi connectivity index (χ4n) is 2.18. The predicted octanol–water partition coefficient (Wildman–Crippen LogP) is 2.13. The van der Waals surface area contributed by atoms with Gasteiger partial charge in [-0.15, -0.1) is 0 Å². The molecule has 3 rings (SSSR count). The van der Waals surface area contributed by atoms with E-state index < -0.39 is 6.09 Å². The molecule has 0 fully saturated rings. The lowest BCUT2D eigenvalue weighted by atomic mass is 10.2. The van der Waals surface area contributed by atoms with E-state index in [1.807, 2.05) is 0 Å². The maximum absolute atomic E-state index is 11.7. The number of hydrogen-bond donors (Lipinski definition) is 3. The summed E-state index contributed by atoms with van der Waals surface area (Å²) in [6.07, 6.45) is 0.245. The van der Waals surface area contributed by atoms with Crippen molar-refractivity contribution in [3.63, 3.8) is 0 Å². The molecule has 22 heavy (non-hydrogen) atoms. The van der Waals surface area contributed by atoms with Gasteiger partial charge in [-0.25, -0.2) is 9.78 Å². The summed E-state index contributed by atoms with van der Waals surface area (Å²) in [6, 6.07) is 8.68. The van der Waals surface area contributed by atoms with Crippen LogP contribution in [-0.2, 0) is 6.54 Å². The Balaban J connectivity index is 2.01. The van der Waals surface area contributed by atoms with Gasteiger partial charge in [0.1, 0.15) is 5.15 Å². The van der Waals surface area contributed by atoms with E-state index in [1.165, 1.54) is 6.33 Å². The lowest BCUT2D eigenvalue weighted by Crippen LogP contribution is -2.19. The summed E-state index contributed by atoms with van der Waals surface area (Å²) in [6.45, 7) is 0.216. The zero-order valence-electron chi connectivity index (χ0n) is 11.2. The first-order chi connectivity index (χ1) is 10.6. The molecule has 3 aromatic rings. The van der Waals surface area contributed by atoms with Crippen LogP contribution in [0.15, 0.2) is 41.5 Å². The van der Waals surface area contributed by atoms with E-state index in [2.05, 4.69) is 15.3 Å². The van der Waals surface area contributed by atoms with Crippen LogP contribution < -0.4 is 10.9 Å². The van der Waals surface area contributed by atoms with Gasteiger partial charge in [0.25, 0.3) is 5.56 Å². The van der Waals surface area contributed by atoms with E-state index in [9.17, 15) is 9.59 Å². The molecule has 8 heteroatoms. The second-order valence-corrected chi connectivity index (χ2v) is 4.98. The average molecular weight is 319 g/mol. The van der Waals surface area contributed by atoms with Gasteiger partial charge >= 0.3 is 6.09 Å². The Morgan fingerprint density at radius 1 is 1.36 bits per heavy atom. The molecule has 1 aromatic carbocycles. The number of nitrogens with zero attached hydrogens (tertiary/aromatic N) is 2. The molecule has 3 N–H and O–H groups in total. The van der Waals surface area contributed by atoms with Crippen LogP contribution in [0.25, 0.3) is 16.7 Å². The monoisotopic (exact) mass is 318 g/mol. The van der Waals surface area contributed by atoms with Crippen LogP contribution in [-0.4, -0.2) is 25.7 Å². The zero-order chi connectivity index (χ0) is 15.7. The van der Waals surface area contributed by atoms with Gasteiger partial charge in [-0.1, -0.05) is 23.7 Å². The van der Waals surface area contributed by atoms with Crippen LogP contribution in [0.5, 0.6) is 0 Å². The molecule has 2 heterocycles. The van der Waals surface area contributed by atoms with E-state index in [4.69, 9.17) is 16.7 Å². The van der Waals surface area contributed by atoms with Gasteiger partial charge in [-0.2, -0.15) is 0 Å². The number of carbonyl (C=O) groups is 1. The SMILES string of the molecule is O=C(O)NCc1ccc(-n2c(Cl)cc3c(=O)[nH]cnc32)cc1. The second kappa shape index (κ2) is 5.53. The molecule has 0 aliphatic rings. The summed E-state index contributed by atoms with van der Waals surface area (Å²) < 4.78 is 1.65. The Bertz CT molecular complexity index is 899. The van der Waals surface area contributed by atoms with Gasteiger partial charge in [0.15, 0.2) is 5.65 Å². The number of hydrogen-bond acceptors (Lipinski definition) is 3. The summed E-state index contributed by atoms with van der Waals surface area (Å²) in [7, 11) is 0. The Morgan fingerprint density at radius 2 is 2.09 bits per heavy atom. The number of amides is 1. The predicted molar refractivity (Wildman–Crippen MR) is 81.6 cm³/mol. The van der Waals surface area contributed by atoms with Crippen LogP contribution in [0, 0.1) is 0 Å². The highest BCUT2D eigenvalue weighted by atomic mass is 35.5. The molecular formula is C14H11ClN4O3. The third-order valence-electron chi connectivity index (χ3n) is 3.20. The molecule has 0 unspecified atom stereocenters. The van der Waals surface area contributed by atoms with E-state index in [0.717, 1.165) is 11.3 Å². The lowest BCUT2D eigenvalue weighted by molar-refractivity contribution is 0.194. The van der Waals surface area contributed by atoms with E-state index in [0.29, 0.717) is 16.2 Å². The summed E-state index contributed by atoms with van der Waals surface area (Å²) in [4.78, 5) is 28.9. The Kier molecular flexibility index (Phi) is 3.56. The maximum atomic E-state index is 11.7. The largest absolute Gasteiger partial charge is 0.465 e. The van der Waals surface area contributed by atoms with Gasteiger partial charge in [0.05, 0.1) is 11.7 Å². The molecule has 0 saturated carbocycles. The number of halogens is 1. The van der Waals surface area contributed by atoms with Gasteiger partial charge in [-0.05, 0) is 23.8 Å². The minimum absolute atomic E-state index is 0.216. The van der Waals surface area contributed by atoms with Crippen LogP contribution in [0.4, 0.5) is 4.79 Å². The minimum Gasteiger partial charge on any atom is -0.465 e. The highest BCUT2D eigenvalue weighted by Gasteiger charge is 2.12. The average Bonchev–Trinajstić information content (AvgIpc) is 2.83. The van der Waals surface area contributed by atoms with Gasteiger partial charge in [-0.3, -0.25) is 9.36 Å². The molecule has 0 aliphatic heterocycles. The summed E-state index contributed by atoms with van der Waals surface area (Å²) >= 11 is 6.20. The number of aromatic nitrogens is 3. The van der Waals surface area contributed by atoms with Crippen molar-refractivity contribution in [1.29, 1.82) is 0 Å². The molecule has 0 atom stereocenters. The number of aromatic amines is 1. The molecular weight excluding hydrogens is 308 g/mol. The van der Waals surface area contributed by atoms with Crippen LogP contribution in [0.2, 0.25) is 5.15 Å². The third kappa shape index (κ3) is 2.53. The number of benzene rings is 1. The topological polar surface area (TPSA) is 100 Å². The molecule has 1 amide bonds. The highest BCUT2D eigenvalue weighted by Crippen LogP contribution is 2.24. The Labute approximate surface area is 129 Å². The molecule has 0 aliphatic carbocycles.